The number of amides is 2. The zero-order valence-corrected chi connectivity index (χ0v) is 12.7. The Morgan fingerprint density at radius 3 is 2.90 bits per heavy atom. The van der Waals surface area contributed by atoms with Crippen molar-refractivity contribution in [3.63, 3.8) is 0 Å². The van der Waals surface area contributed by atoms with Crippen LogP contribution in [0.3, 0.4) is 0 Å². The molecule has 7 heteroatoms. The van der Waals surface area contributed by atoms with E-state index in [1.165, 1.54) is 0 Å². The van der Waals surface area contributed by atoms with Gasteiger partial charge in [0.25, 0.3) is 0 Å². The fraction of sp³-hybridized carbons (Fsp3) is 0.308. The van der Waals surface area contributed by atoms with Crippen molar-refractivity contribution in [3.8, 4) is 0 Å². The van der Waals surface area contributed by atoms with Crippen LogP contribution in [0.25, 0.3) is 0 Å². The summed E-state index contributed by atoms with van der Waals surface area (Å²) in [5.74, 6) is -0.468. The number of pyridine rings is 1. The Bertz CT molecular complexity index is 586. The lowest BCUT2D eigenvalue weighted by atomic mass is 9.99. The van der Waals surface area contributed by atoms with E-state index in [2.05, 4.69) is 31.5 Å². The van der Waals surface area contributed by atoms with Crippen molar-refractivity contribution in [2.75, 3.05) is 6.61 Å². The third-order valence-electron chi connectivity index (χ3n) is 2.80. The minimum atomic E-state index is -0.625. The lowest BCUT2D eigenvalue weighted by Gasteiger charge is -2.27. The van der Waals surface area contributed by atoms with Gasteiger partial charge in [-0.3, -0.25) is 0 Å². The van der Waals surface area contributed by atoms with Gasteiger partial charge in [0.2, 0.25) is 0 Å². The van der Waals surface area contributed by atoms with Crippen molar-refractivity contribution < 1.29 is 14.3 Å². The second kappa shape index (κ2) is 6.04. The van der Waals surface area contributed by atoms with Crippen molar-refractivity contribution in [1.29, 1.82) is 0 Å². The summed E-state index contributed by atoms with van der Waals surface area (Å²) in [7, 11) is 0. The Balaban J connectivity index is 2.44. The Morgan fingerprint density at radius 1 is 1.50 bits per heavy atom. The van der Waals surface area contributed by atoms with E-state index in [1.54, 1.807) is 32.0 Å². The number of esters is 1. The molecule has 0 saturated carbocycles. The molecule has 1 aromatic rings. The highest BCUT2D eigenvalue weighted by molar-refractivity contribution is 9.10. The van der Waals surface area contributed by atoms with E-state index in [0.29, 0.717) is 21.6 Å². The molecule has 2 amide bonds. The Kier molecular flexibility index (Phi) is 4.39. The maximum atomic E-state index is 12.1. The molecule has 1 aromatic heterocycles. The quantitative estimate of drug-likeness (QED) is 0.652. The van der Waals surface area contributed by atoms with Crippen LogP contribution in [0.4, 0.5) is 4.79 Å². The van der Waals surface area contributed by atoms with Gasteiger partial charge in [-0.2, -0.15) is 0 Å². The molecule has 2 rings (SSSR count). The van der Waals surface area contributed by atoms with E-state index in [9.17, 15) is 9.59 Å². The minimum absolute atomic E-state index is 0.266. The van der Waals surface area contributed by atoms with Crippen molar-refractivity contribution in [1.82, 2.24) is 15.6 Å². The van der Waals surface area contributed by atoms with Gasteiger partial charge in [-0.05, 0) is 41.9 Å². The van der Waals surface area contributed by atoms with Crippen LogP contribution in [-0.2, 0) is 9.53 Å². The number of hydrogen-bond acceptors (Lipinski definition) is 4. The molecule has 0 fully saturated rings. The highest BCUT2D eigenvalue weighted by Gasteiger charge is 2.32. The first-order chi connectivity index (χ1) is 9.52. The van der Waals surface area contributed by atoms with Gasteiger partial charge in [-0.1, -0.05) is 6.07 Å². The van der Waals surface area contributed by atoms with E-state index in [4.69, 9.17) is 4.74 Å². The van der Waals surface area contributed by atoms with Crippen LogP contribution < -0.4 is 10.6 Å². The Hall–Kier alpha value is -1.89. The maximum absolute atomic E-state index is 12.1. The summed E-state index contributed by atoms with van der Waals surface area (Å²) in [6.45, 7) is 3.66. The summed E-state index contributed by atoms with van der Waals surface area (Å²) >= 11 is 3.28. The fourth-order valence-electron chi connectivity index (χ4n) is 1.98. The van der Waals surface area contributed by atoms with Crippen molar-refractivity contribution >= 4 is 27.9 Å². The van der Waals surface area contributed by atoms with Crippen LogP contribution in [-0.4, -0.2) is 23.6 Å². The predicted molar refractivity (Wildman–Crippen MR) is 75.7 cm³/mol. The number of rotatable bonds is 3. The number of urea groups is 1. The van der Waals surface area contributed by atoms with E-state index < -0.39 is 12.0 Å². The lowest BCUT2D eigenvalue weighted by Crippen LogP contribution is -2.45. The Morgan fingerprint density at radius 2 is 2.25 bits per heavy atom. The molecule has 20 heavy (non-hydrogen) atoms. The van der Waals surface area contributed by atoms with Gasteiger partial charge in [0.05, 0.1) is 17.9 Å². The van der Waals surface area contributed by atoms with Crippen LogP contribution in [0, 0.1) is 0 Å². The molecule has 0 saturated heterocycles. The van der Waals surface area contributed by atoms with Gasteiger partial charge in [0, 0.05) is 5.70 Å². The molecule has 106 valence electrons. The molecule has 0 aliphatic carbocycles. The van der Waals surface area contributed by atoms with Crippen LogP contribution in [0.5, 0.6) is 0 Å². The highest BCUT2D eigenvalue weighted by Crippen LogP contribution is 2.27. The van der Waals surface area contributed by atoms with Gasteiger partial charge in [0.1, 0.15) is 10.6 Å². The van der Waals surface area contributed by atoms with E-state index in [1.807, 2.05) is 0 Å². The van der Waals surface area contributed by atoms with Crippen LogP contribution in [0.15, 0.2) is 34.1 Å². The molecule has 0 spiro atoms. The van der Waals surface area contributed by atoms with Gasteiger partial charge in [0.15, 0.2) is 0 Å². The molecular formula is C13H14BrN3O3. The van der Waals surface area contributed by atoms with Crippen LogP contribution in [0.1, 0.15) is 25.6 Å². The molecule has 2 N–H and O–H groups in total. The van der Waals surface area contributed by atoms with E-state index in [0.717, 1.165) is 0 Å². The number of hydrogen-bond donors (Lipinski definition) is 2. The minimum Gasteiger partial charge on any atom is -0.463 e. The summed E-state index contributed by atoms with van der Waals surface area (Å²) in [6, 6.07) is 4.31. The van der Waals surface area contributed by atoms with Gasteiger partial charge < -0.3 is 15.4 Å². The molecular weight excluding hydrogens is 326 g/mol. The molecule has 1 aliphatic rings. The molecule has 0 aromatic carbocycles. The molecule has 1 atom stereocenters. The summed E-state index contributed by atoms with van der Waals surface area (Å²) in [4.78, 5) is 28.0. The number of nitrogens with one attached hydrogen (secondary N) is 2. The number of carbonyl (C=O) groups is 2. The SMILES string of the molecule is CCOC(=O)C1=C(C)NC(=O)NC1c1cccc(Br)n1. The normalized spacial score (nSPS) is 18.4. The average Bonchev–Trinajstić information content (AvgIpc) is 2.37. The number of nitrogens with zero attached hydrogens (tertiary/aromatic N) is 1. The summed E-state index contributed by atoms with van der Waals surface area (Å²) in [6.07, 6.45) is 0. The molecule has 0 bridgehead atoms. The third kappa shape index (κ3) is 2.98. The second-order valence-corrected chi connectivity index (χ2v) is 4.99. The third-order valence-corrected chi connectivity index (χ3v) is 3.24. The van der Waals surface area contributed by atoms with Crippen molar-refractivity contribution in [2.24, 2.45) is 0 Å². The van der Waals surface area contributed by atoms with Gasteiger partial charge in [-0.15, -0.1) is 0 Å². The zero-order valence-electron chi connectivity index (χ0n) is 11.1. The Labute approximate surface area is 124 Å². The number of halogens is 1. The molecule has 1 aliphatic heterocycles. The van der Waals surface area contributed by atoms with Crippen LogP contribution >= 0.6 is 15.9 Å². The largest absolute Gasteiger partial charge is 0.463 e. The smallest absolute Gasteiger partial charge is 0.338 e. The monoisotopic (exact) mass is 339 g/mol. The summed E-state index contributed by atoms with van der Waals surface area (Å²) in [5, 5.41) is 5.26. The lowest BCUT2D eigenvalue weighted by molar-refractivity contribution is -0.139. The number of allylic oxidation sites excluding steroid dienone is 1. The maximum Gasteiger partial charge on any atom is 0.338 e. The summed E-state index contributed by atoms with van der Waals surface area (Å²) in [5.41, 5.74) is 1.40. The van der Waals surface area contributed by atoms with Gasteiger partial charge in [-0.25, -0.2) is 14.6 Å². The highest BCUT2D eigenvalue weighted by atomic mass is 79.9. The first-order valence-corrected chi connectivity index (χ1v) is 6.90. The van der Waals surface area contributed by atoms with Crippen molar-refractivity contribution in [2.45, 2.75) is 19.9 Å². The van der Waals surface area contributed by atoms with Gasteiger partial charge >= 0.3 is 12.0 Å². The van der Waals surface area contributed by atoms with E-state index in [-0.39, 0.29) is 12.6 Å². The molecule has 2 heterocycles. The predicted octanol–water partition coefficient (Wildman–Crippen LogP) is 2.04. The number of carbonyl (C=O) groups excluding carboxylic acids is 2. The molecule has 6 nitrogen and oxygen atoms in total. The zero-order chi connectivity index (χ0) is 14.7. The van der Waals surface area contributed by atoms with Crippen LogP contribution in [0.2, 0.25) is 0 Å². The topological polar surface area (TPSA) is 80.3 Å². The fourth-order valence-corrected chi connectivity index (χ4v) is 2.34. The standard InChI is InChI=1S/C13H14BrN3O3/c1-3-20-12(18)10-7(2)15-13(19)17-11(10)8-5-4-6-9(14)16-8/h4-6,11H,3H2,1-2H3,(H2,15,17,19). The first kappa shape index (κ1) is 14.5. The number of aromatic nitrogens is 1. The average molecular weight is 340 g/mol. The molecule has 0 radical (unpaired) electrons. The first-order valence-electron chi connectivity index (χ1n) is 6.10. The second-order valence-electron chi connectivity index (χ2n) is 4.18. The molecule has 1 unspecified atom stereocenters. The number of ether oxygens (including phenoxy) is 1. The summed E-state index contributed by atoms with van der Waals surface area (Å²) < 4.78 is 5.67. The van der Waals surface area contributed by atoms with E-state index >= 15 is 0 Å². The van der Waals surface area contributed by atoms with Crippen molar-refractivity contribution in [3.05, 3.63) is 39.8 Å².